The number of sulfone groups is 1. The van der Waals surface area contributed by atoms with E-state index in [-0.39, 0.29) is 23.6 Å². The molecule has 0 bridgehead atoms. The quantitative estimate of drug-likeness (QED) is 0.0621. The van der Waals surface area contributed by atoms with Crippen molar-refractivity contribution in [2.75, 3.05) is 25.1 Å². The Morgan fingerprint density at radius 3 is 2.65 bits per heavy atom. The first-order chi connectivity index (χ1) is 18.9. The Labute approximate surface area is 228 Å². The monoisotopic (exact) mass is 576 g/mol. The number of benzene rings is 1. The fourth-order valence-corrected chi connectivity index (χ4v) is 6.79. The number of phenols is 2. The standard InChI is InChI=1S/C24H28N6O9S/c1-24(12-39-23(36)27-11-13-2-3-17(31)18(32)8-13)19(22(34)35)30-20(33)16(21(30)40(24,37)38)10-15-9-14(4-6-26-15)29-28-7-5-25/h2-4,6,8-10,19,21,28,31-32H,5,7,11-12,25H2,1H3,(H,26,29)(H,27,36)(H,34,35)/b16-10-/t19-,21?,24?/m0/s1. The van der Waals surface area contributed by atoms with Gasteiger partial charge in [-0.3, -0.25) is 9.78 Å². The highest BCUT2D eigenvalue weighted by Gasteiger charge is 2.72. The fraction of sp³-hybridized carbons (Fsp3) is 0.333. The fourth-order valence-electron chi connectivity index (χ4n) is 4.51. The first-order valence-corrected chi connectivity index (χ1v) is 13.5. The van der Waals surface area contributed by atoms with Crippen molar-refractivity contribution in [1.82, 2.24) is 20.6 Å². The van der Waals surface area contributed by atoms with Crippen LogP contribution in [0.3, 0.4) is 0 Å². The van der Waals surface area contributed by atoms with Crippen LogP contribution in [-0.4, -0.2) is 87.5 Å². The molecule has 1 aromatic heterocycles. The van der Waals surface area contributed by atoms with Crippen molar-refractivity contribution in [1.29, 1.82) is 0 Å². The number of carboxylic acids is 1. The van der Waals surface area contributed by atoms with E-state index in [1.54, 1.807) is 12.1 Å². The lowest BCUT2D eigenvalue weighted by Gasteiger charge is -2.37. The number of β-lactam (4-membered cyclic amide) rings is 1. The number of nitrogens with one attached hydrogen (secondary N) is 3. The molecular weight excluding hydrogens is 548 g/mol. The van der Waals surface area contributed by atoms with Gasteiger partial charge in [0, 0.05) is 25.8 Å². The zero-order chi connectivity index (χ0) is 29.2. The van der Waals surface area contributed by atoms with Crippen LogP contribution >= 0.6 is 0 Å². The topological polar surface area (TPSA) is 234 Å². The molecule has 2 aliphatic rings. The minimum Gasteiger partial charge on any atom is -0.504 e. The molecule has 2 aromatic rings. The molecule has 2 fully saturated rings. The summed E-state index contributed by atoms with van der Waals surface area (Å²) in [5, 5.41) is 29.6. The Hall–Kier alpha value is -4.41. The number of carbonyl (C=O) groups excluding carboxylic acids is 2. The molecule has 0 aliphatic carbocycles. The molecule has 3 atom stereocenters. The lowest BCUT2D eigenvalue weighted by molar-refractivity contribution is -0.153. The van der Waals surface area contributed by atoms with Crippen LogP contribution < -0.4 is 21.9 Å². The second-order valence-electron chi connectivity index (χ2n) is 9.33. The SMILES string of the molecule is CC1(COC(=O)NCc2ccc(O)c(O)c2)[C@H](C(=O)O)N2C(=O)/C(=C/c3cc(NNCCN)ccn3)C2S1(=O)=O. The molecule has 8 N–H and O–H groups in total. The van der Waals surface area contributed by atoms with Crippen LogP contribution in [0.5, 0.6) is 11.5 Å². The molecule has 0 spiro atoms. The van der Waals surface area contributed by atoms with Crippen molar-refractivity contribution in [3.05, 3.63) is 53.4 Å². The summed E-state index contributed by atoms with van der Waals surface area (Å²) in [7, 11) is -4.40. The van der Waals surface area contributed by atoms with Crippen molar-refractivity contribution in [3.63, 3.8) is 0 Å². The van der Waals surface area contributed by atoms with Crippen LogP contribution in [0, 0.1) is 0 Å². The van der Waals surface area contributed by atoms with Crippen LogP contribution in [0.15, 0.2) is 42.1 Å². The molecule has 1 aromatic carbocycles. The largest absolute Gasteiger partial charge is 0.504 e. The molecule has 2 unspecified atom stereocenters. The molecule has 3 heterocycles. The van der Waals surface area contributed by atoms with E-state index >= 15 is 0 Å². The molecule has 214 valence electrons. The number of carboxylic acid groups (broad SMARTS) is 1. The summed E-state index contributed by atoms with van der Waals surface area (Å²) in [5.41, 5.74) is 12.3. The summed E-state index contributed by atoms with van der Waals surface area (Å²) in [6, 6.07) is 5.24. The number of hydrogen-bond acceptors (Lipinski definition) is 12. The number of nitrogens with two attached hydrogens (primary N) is 1. The minimum absolute atomic E-state index is 0.138. The summed E-state index contributed by atoms with van der Waals surface area (Å²) >= 11 is 0. The Balaban J connectivity index is 1.51. The number of aromatic hydroxyl groups is 2. The van der Waals surface area contributed by atoms with Crippen LogP contribution in [0.4, 0.5) is 10.5 Å². The molecule has 2 amide bonds. The third kappa shape index (κ3) is 5.11. The Kier molecular flexibility index (Phi) is 7.86. The summed E-state index contributed by atoms with van der Waals surface area (Å²) in [4.78, 5) is 42.4. The van der Waals surface area contributed by atoms with Gasteiger partial charge in [0.2, 0.25) is 0 Å². The first-order valence-electron chi connectivity index (χ1n) is 12.0. The number of amides is 2. The van der Waals surface area contributed by atoms with Gasteiger partial charge >= 0.3 is 12.1 Å². The predicted octanol–water partition coefficient (Wildman–Crippen LogP) is -0.514. The van der Waals surface area contributed by atoms with Gasteiger partial charge in [-0.15, -0.1) is 0 Å². The molecule has 0 saturated carbocycles. The average Bonchev–Trinajstić information content (AvgIpc) is 3.07. The van der Waals surface area contributed by atoms with Gasteiger partial charge in [-0.05, 0) is 42.8 Å². The van der Waals surface area contributed by atoms with E-state index in [1.165, 1.54) is 30.5 Å². The van der Waals surface area contributed by atoms with Crippen molar-refractivity contribution in [3.8, 4) is 11.5 Å². The predicted molar refractivity (Wildman–Crippen MR) is 140 cm³/mol. The number of phenolic OH excluding ortho intramolecular Hbond substituents is 2. The molecule has 0 radical (unpaired) electrons. The molecule has 15 nitrogen and oxygen atoms in total. The number of pyridine rings is 1. The van der Waals surface area contributed by atoms with E-state index in [4.69, 9.17) is 10.5 Å². The lowest BCUT2D eigenvalue weighted by atomic mass is 9.94. The van der Waals surface area contributed by atoms with Gasteiger partial charge in [-0.1, -0.05) is 6.07 Å². The van der Waals surface area contributed by atoms with Crippen molar-refractivity contribution < 1.29 is 42.9 Å². The second kappa shape index (κ2) is 11.0. The molecule has 4 rings (SSSR count). The summed E-state index contributed by atoms with van der Waals surface area (Å²) in [5.74, 6) is -3.11. The highest BCUT2D eigenvalue weighted by molar-refractivity contribution is 7.94. The van der Waals surface area contributed by atoms with Gasteiger partial charge in [-0.2, -0.15) is 0 Å². The first kappa shape index (κ1) is 28.6. The zero-order valence-electron chi connectivity index (χ0n) is 21.2. The van der Waals surface area contributed by atoms with Crippen molar-refractivity contribution in [2.45, 2.75) is 29.6 Å². The third-order valence-electron chi connectivity index (χ3n) is 6.59. The van der Waals surface area contributed by atoms with Gasteiger partial charge in [0.25, 0.3) is 5.91 Å². The van der Waals surface area contributed by atoms with E-state index in [9.17, 15) is 38.1 Å². The Bertz CT molecular complexity index is 1480. The number of carbonyl (C=O) groups is 3. The second-order valence-corrected chi connectivity index (χ2v) is 11.8. The van der Waals surface area contributed by atoms with Crippen LogP contribution in [0.1, 0.15) is 18.2 Å². The molecular formula is C24H28N6O9S. The number of hydrazine groups is 1. The number of alkyl carbamates (subject to hydrolysis) is 1. The summed E-state index contributed by atoms with van der Waals surface area (Å²) in [6.07, 6.45) is 1.67. The van der Waals surface area contributed by atoms with E-state index in [2.05, 4.69) is 21.2 Å². The maximum absolute atomic E-state index is 13.6. The number of anilines is 1. The van der Waals surface area contributed by atoms with E-state index in [0.717, 1.165) is 11.8 Å². The molecule has 2 aliphatic heterocycles. The summed E-state index contributed by atoms with van der Waals surface area (Å²) in [6.45, 7) is 0.985. The Morgan fingerprint density at radius 2 is 1.98 bits per heavy atom. The van der Waals surface area contributed by atoms with Gasteiger partial charge in [-0.25, -0.2) is 23.4 Å². The number of fused-ring (bicyclic) bond motifs is 1. The van der Waals surface area contributed by atoms with E-state index in [1.807, 2.05) is 0 Å². The molecule has 40 heavy (non-hydrogen) atoms. The van der Waals surface area contributed by atoms with Crippen molar-refractivity contribution >= 4 is 39.6 Å². The number of aromatic nitrogens is 1. The van der Waals surface area contributed by atoms with Crippen LogP contribution in [-0.2, 0) is 30.7 Å². The highest BCUT2D eigenvalue weighted by atomic mass is 32.2. The Morgan fingerprint density at radius 1 is 1.23 bits per heavy atom. The van der Waals surface area contributed by atoms with Gasteiger partial charge in [0.05, 0.1) is 17.0 Å². The molecule has 16 heteroatoms. The van der Waals surface area contributed by atoms with Crippen LogP contribution in [0.2, 0.25) is 0 Å². The number of nitrogens with zero attached hydrogens (tertiary/aromatic N) is 2. The maximum Gasteiger partial charge on any atom is 0.407 e. The third-order valence-corrected chi connectivity index (χ3v) is 9.30. The zero-order valence-corrected chi connectivity index (χ0v) is 22.0. The lowest BCUT2D eigenvalue weighted by Crippen LogP contribution is -2.59. The molecule has 2 saturated heterocycles. The number of ether oxygens (including phenoxy) is 1. The normalized spacial score (nSPS) is 23.8. The van der Waals surface area contributed by atoms with Gasteiger partial charge in [0.1, 0.15) is 11.4 Å². The number of rotatable bonds is 10. The highest BCUT2D eigenvalue weighted by Crippen LogP contribution is 2.49. The minimum atomic E-state index is -4.40. The van der Waals surface area contributed by atoms with E-state index < -0.39 is 56.3 Å². The van der Waals surface area contributed by atoms with E-state index in [0.29, 0.717) is 24.3 Å². The number of aliphatic carboxylic acids is 1. The van der Waals surface area contributed by atoms with Crippen molar-refractivity contribution in [2.24, 2.45) is 5.73 Å². The number of hydrogen-bond donors (Lipinski definition) is 7. The van der Waals surface area contributed by atoms with Gasteiger partial charge in [0.15, 0.2) is 32.8 Å². The smallest absolute Gasteiger partial charge is 0.407 e. The van der Waals surface area contributed by atoms with Crippen LogP contribution in [0.25, 0.3) is 6.08 Å². The van der Waals surface area contributed by atoms with Gasteiger partial charge < -0.3 is 41.4 Å². The summed E-state index contributed by atoms with van der Waals surface area (Å²) < 4.78 is 30.2. The maximum atomic E-state index is 13.6. The average molecular weight is 577 g/mol.